The van der Waals surface area contributed by atoms with Gasteiger partial charge in [0.25, 0.3) is 5.91 Å². The second kappa shape index (κ2) is 8.79. The molecule has 0 fully saturated rings. The standard InChI is InChI=1S/C20H24F2N2O3S/c1-5-23(6-2)28(26,27)19-13-15(7-12-18(19)22)20(25)24(14(3)4)17-10-8-16(21)9-11-17/h7-14H,5-6H2,1-4H3. The molecule has 8 heteroatoms. The van der Waals surface area contributed by atoms with E-state index in [1.54, 1.807) is 27.7 Å². The van der Waals surface area contributed by atoms with Crippen LogP contribution in [0.5, 0.6) is 0 Å². The Bertz CT molecular complexity index is 940. The number of nitrogens with zero attached hydrogens (tertiary/aromatic N) is 2. The molecule has 2 aromatic rings. The zero-order valence-electron chi connectivity index (χ0n) is 16.3. The number of rotatable bonds is 7. The van der Waals surface area contributed by atoms with Crippen LogP contribution in [0.15, 0.2) is 47.4 Å². The maximum absolute atomic E-state index is 14.3. The summed E-state index contributed by atoms with van der Waals surface area (Å²) in [4.78, 5) is 13.9. The van der Waals surface area contributed by atoms with Crippen LogP contribution in [0.1, 0.15) is 38.1 Å². The molecule has 0 aliphatic heterocycles. The summed E-state index contributed by atoms with van der Waals surface area (Å²) in [6.07, 6.45) is 0. The zero-order valence-corrected chi connectivity index (χ0v) is 17.1. The van der Waals surface area contributed by atoms with Crippen molar-refractivity contribution in [2.24, 2.45) is 0 Å². The summed E-state index contributed by atoms with van der Waals surface area (Å²) in [5.74, 6) is -1.85. The molecule has 0 atom stereocenters. The van der Waals surface area contributed by atoms with Crippen molar-refractivity contribution in [1.82, 2.24) is 4.31 Å². The first-order valence-electron chi connectivity index (χ1n) is 9.02. The van der Waals surface area contributed by atoms with E-state index in [9.17, 15) is 22.0 Å². The third-order valence-corrected chi connectivity index (χ3v) is 6.41. The first kappa shape index (κ1) is 22.0. The van der Waals surface area contributed by atoms with Gasteiger partial charge in [0.15, 0.2) is 0 Å². The van der Waals surface area contributed by atoms with Gasteiger partial charge < -0.3 is 4.90 Å². The minimum Gasteiger partial charge on any atom is -0.306 e. The molecule has 0 bridgehead atoms. The molecule has 0 saturated heterocycles. The van der Waals surface area contributed by atoms with E-state index >= 15 is 0 Å². The molecular weight excluding hydrogens is 386 g/mol. The normalized spacial score (nSPS) is 11.9. The van der Waals surface area contributed by atoms with Crippen LogP contribution < -0.4 is 4.90 Å². The molecule has 0 aromatic heterocycles. The fourth-order valence-electron chi connectivity index (χ4n) is 2.93. The van der Waals surface area contributed by atoms with Crippen molar-refractivity contribution in [3.05, 3.63) is 59.7 Å². The first-order chi connectivity index (χ1) is 13.1. The highest BCUT2D eigenvalue weighted by Crippen LogP contribution is 2.25. The molecule has 0 aliphatic carbocycles. The van der Waals surface area contributed by atoms with Gasteiger partial charge in [0.2, 0.25) is 10.0 Å². The molecule has 0 heterocycles. The number of carbonyl (C=O) groups is 1. The second-order valence-corrected chi connectivity index (χ2v) is 8.39. The molecular formula is C20H24F2N2O3S. The molecule has 0 radical (unpaired) electrons. The lowest BCUT2D eigenvalue weighted by Gasteiger charge is -2.27. The van der Waals surface area contributed by atoms with Crippen molar-refractivity contribution in [3.63, 3.8) is 0 Å². The fourth-order valence-corrected chi connectivity index (χ4v) is 4.48. The predicted octanol–water partition coefficient (Wildman–Crippen LogP) is 4.05. The monoisotopic (exact) mass is 410 g/mol. The number of hydrogen-bond acceptors (Lipinski definition) is 3. The van der Waals surface area contributed by atoms with Crippen LogP contribution in [0, 0.1) is 11.6 Å². The molecule has 1 amide bonds. The molecule has 0 saturated carbocycles. The summed E-state index contributed by atoms with van der Waals surface area (Å²) >= 11 is 0. The molecule has 2 aromatic carbocycles. The Morgan fingerprint density at radius 1 is 1.00 bits per heavy atom. The van der Waals surface area contributed by atoms with Gasteiger partial charge in [0.05, 0.1) is 0 Å². The van der Waals surface area contributed by atoms with Gasteiger partial charge in [-0.15, -0.1) is 0 Å². The number of hydrogen-bond donors (Lipinski definition) is 0. The maximum Gasteiger partial charge on any atom is 0.258 e. The highest BCUT2D eigenvalue weighted by atomic mass is 32.2. The van der Waals surface area contributed by atoms with E-state index in [2.05, 4.69) is 0 Å². The highest BCUT2D eigenvalue weighted by Gasteiger charge is 2.28. The topological polar surface area (TPSA) is 57.7 Å². The Labute approximate surface area is 164 Å². The van der Waals surface area contributed by atoms with E-state index in [4.69, 9.17) is 0 Å². The predicted molar refractivity (Wildman–Crippen MR) is 105 cm³/mol. The molecule has 2 rings (SSSR count). The van der Waals surface area contributed by atoms with E-state index in [1.807, 2.05) is 0 Å². The molecule has 28 heavy (non-hydrogen) atoms. The van der Waals surface area contributed by atoms with Gasteiger partial charge in [-0.2, -0.15) is 4.31 Å². The molecule has 0 unspecified atom stereocenters. The van der Waals surface area contributed by atoms with E-state index in [-0.39, 0.29) is 24.7 Å². The summed E-state index contributed by atoms with van der Waals surface area (Å²) < 4.78 is 54.1. The second-order valence-electron chi connectivity index (χ2n) is 6.48. The Morgan fingerprint density at radius 2 is 1.57 bits per heavy atom. The van der Waals surface area contributed by atoms with Crippen LogP contribution in [0.4, 0.5) is 14.5 Å². The molecule has 0 aliphatic rings. The average molecular weight is 410 g/mol. The van der Waals surface area contributed by atoms with E-state index in [0.29, 0.717) is 5.69 Å². The van der Waals surface area contributed by atoms with Crippen molar-refractivity contribution in [3.8, 4) is 0 Å². The molecule has 0 spiro atoms. The van der Waals surface area contributed by atoms with Gasteiger partial charge >= 0.3 is 0 Å². The SMILES string of the molecule is CCN(CC)S(=O)(=O)c1cc(C(=O)N(c2ccc(F)cc2)C(C)C)ccc1F. The lowest BCUT2D eigenvalue weighted by molar-refractivity contribution is 0.0980. The van der Waals surface area contributed by atoms with Crippen molar-refractivity contribution in [1.29, 1.82) is 0 Å². The van der Waals surface area contributed by atoms with E-state index in [1.165, 1.54) is 35.2 Å². The van der Waals surface area contributed by atoms with Crippen LogP contribution in [-0.2, 0) is 10.0 Å². The van der Waals surface area contributed by atoms with Gasteiger partial charge in [-0.1, -0.05) is 13.8 Å². The minimum absolute atomic E-state index is 0.0326. The van der Waals surface area contributed by atoms with E-state index < -0.39 is 32.5 Å². The minimum atomic E-state index is -4.07. The number of sulfonamides is 1. The number of benzene rings is 2. The Morgan fingerprint density at radius 3 is 2.07 bits per heavy atom. The molecule has 152 valence electrons. The quantitative estimate of drug-likeness (QED) is 0.692. The summed E-state index contributed by atoms with van der Waals surface area (Å²) in [6, 6.07) is 8.40. The third kappa shape index (κ3) is 4.39. The average Bonchev–Trinajstić information content (AvgIpc) is 2.64. The number of anilines is 1. The molecule has 0 N–H and O–H groups in total. The Kier molecular flexibility index (Phi) is 6.90. The lowest BCUT2D eigenvalue weighted by atomic mass is 10.1. The summed E-state index contributed by atoms with van der Waals surface area (Å²) in [5, 5.41) is 0. The van der Waals surface area contributed by atoms with Crippen molar-refractivity contribution < 1.29 is 22.0 Å². The van der Waals surface area contributed by atoms with Gasteiger partial charge in [-0.3, -0.25) is 4.79 Å². The van der Waals surface area contributed by atoms with E-state index in [0.717, 1.165) is 16.4 Å². The van der Waals surface area contributed by atoms with Gasteiger partial charge in [-0.05, 0) is 56.3 Å². The van der Waals surface area contributed by atoms with Crippen molar-refractivity contribution in [2.45, 2.75) is 38.6 Å². The highest BCUT2D eigenvalue weighted by molar-refractivity contribution is 7.89. The van der Waals surface area contributed by atoms with Gasteiger partial charge in [0, 0.05) is 30.4 Å². The summed E-state index contributed by atoms with van der Waals surface area (Å²) in [7, 11) is -4.07. The lowest BCUT2D eigenvalue weighted by Crippen LogP contribution is -2.37. The van der Waals surface area contributed by atoms with Gasteiger partial charge in [0.1, 0.15) is 16.5 Å². The largest absolute Gasteiger partial charge is 0.306 e. The summed E-state index contributed by atoms with van der Waals surface area (Å²) in [5.41, 5.74) is 0.490. The third-order valence-electron chi connectivity index (χ3n) is 4.34. The number of amides is 1. The van der Waals surface area contributed by atoms with Crippen molar-refractivity contribution in [2.75, 3.05) is 18.0 Å². The van der Waals surface area contributed by atoms with Crippen molar-refractivity contribution >= 4 is 21.6 Å². The van der Waals surface area contributed by atoms with Crippen LogP contribution in [0.3, 0.4) is 0 Å². The first-order valence-corrected chi connectivity index (χ1v) is 10.5. The number of halogens is 2. The zero-order chi connectivity index (χ0) is 21.1. The smallest absolute Gasteiger partial charge is 0.258 e. The Balaban J connectivity index is 2.52. The maximum atomic E-state index is 14.3. The fraction of sp³-hybridized carbons (Fsp3) is 0.350. The Hall–Kier alpha value is -2.32. The van der Waals surface area contributed by atoms with Crippen LogP contribution in [0.25, 0.3) is 0 Å². The molecule has 5 nitrogen and oxygen atoms in total. The van der Waals surface area contributed by atoms with Gasteiger partial charge in [-0.25, -0.2) is 17.2 Å². The van der Waals surface area contributed by atoms with Crippen LogP contribution in [0.2, 0.25) is 0 Å². The van der Waals surface area contributed by atoms with Crippen LogP contribution >= 0.6 is 0 Å². The number of carbonyl (C=O) groups excluding carboxylic acids is 1. The van der Waals surface area contributed by atoms with Crippen LogP contribution in [-0.4, -0.2) is 37.8 Å². The summed E-state index contributed by atoms with van der Waals surface area (Å²) in [6.45, 7) is 7.23.